The average molecular weight is 262 g/mol. The van der Waals surface area contributed by atoms with Crippen molar-refractivity contribution in [1.82, 2.24) is 9.97 Å². The molecule has 19 heavy (non-hydrogen) atoms. The minimum absolute atomic E-state index is 0.346. The van der Waals surface area contributed by atoms with Crippen molar-refractivity contribution in [2.24, 2.45) is 5.92 Å². The van der Waals surface area contributed by atoms with Crippen molar-refractivity contribution in [3.05, 3.63) is 33.0 Å². The van der Waals surface area contributed by atoms with Crippen molar-refractivity contribution in [2.75, 3.05) is 23.4 Å². The summed E-state index contributed by atoms with van der Waals surface area (Å²) in [6.07, 6.45) is 9.12. The van der Waals surface area contributed by atoms with Crippen LogP contribution in [0.25, 0.3) is 0 Å². The summed E-state index contributed by atoms with van der Waals surface area (Å²) >= 11 is 0. The first-order valence-corrected chi connectivity index (χ1v) is 6.74. The van der Waals surface area contributed by atoms with Gasteiger partial charge in [-0.25, -0.2) is 4.79 Å². The Hall–Kier alpha value is -1.98. The molecule has 1 aromatic rings. The van der Waals surface area contributed by atoms with Gasteiger partial charge in [-0.15, -0.1) is 0 Å². The summed E-state index contributed by atoms with van der Waals surface area (Å²) in [5.41, 5.74) is -0.319. The lowest BCUT2D eigenvalue weighted by atomic mass is 10.0. The smallest absolute Gasteiger partial charge is 0.327 e. The lowest BCUT2D eigenvalue weighted by Gasteiger charge is -2.18. The standard InChI is InChI=1S/C13H18N4O2/c18-12-10-11(15-13(19)16-12)17(8-14-10)7-3-6-9-4-1-2-5-9/h1-2,9,14H,3-8H2,(H2,15,16,18,19). The number of nitrogens with one attached hydrogen (secondary N) is 3. The van der Waals surface area contributed by atoms with Crippen molar-refractivity contribution in [3.63, 3.8) is 0 Å². The van der Waals surface area contributed by atoms with E-state index in [1.54, 1.807) is 0 Å². The third kappa shape index (κ3) is 2.43. The van der Waals surface area contributed by atoms with Crippen molar-refractivity contribution in [1.29, 1.82) is 0 Å². The molecule has 0 spiro atoms. The van der Waals surface area contributed by atoms with Gasteiger partial charge in [-0.2, -0.15) is 0 Å². The molecular formula is C13H18N4O2. The zero-order valence-corrected chi connectivity index (χ0v) is 10.7. The Balaban J connectivity index is 1.62. The van der Waals surface area contributed by atoms with Gasteiger partial charge >= 0.3 is 5.69 Å². The summed E-state index contributed by atoms with van der Waals surface area (Å²) in [7, 11) is 0. The third-order valence-electron chi connectivity index (χ3n) is 3.83. The lowest BCUT2D eigenvalue weighted by Crippen LogP contribution is -2.27. The number of anilines is 2. The molecule has 0 bridgehead atoms. The third-order valence-corrected chi connectivity index (χ3v) is 3.83. The van der Waals surface area contributed by atoms with E-state index in [4.69, 9.17) is 0 Å². The van der Waals surface area contributed by atoms with Gasteiger partial charge in [-0.05, 0) is 31.6 Å². The highest BCUT2D eigenvalue weighted by atomic mass is 16.2. The molecule has 1 aliphatic carbocycles. The second kappa shape index (κ2) is 4.95. The van der Waals surface area contributed by atoms with Crippen LogP contribution in [0.1, 0.15) is 25.7 Å². The molecule has 0 amide bonds. The Morgan fingerprint density at radius 3 is 2.79 bits per heavy atom. The second-order valence-corrected chi connectivity index (χ2v) is 5.18. The van der Waals surface area contributed by atoms with Gasteiger partial charge in [0.25, 0.3) is 5.56 Å². The zero-order chi connectivity index (χ0) is 13.2. The van der Waals surface area contributed by atoms with Gasteiger partial charge in [0.15, 0.2) is 0 Å². The second-order valence-electron chi connectivity index (χ2n) is 5.18. The fourth-order valence-corrected chi connectivity index (χ4v) is 2.80. The van der Waals surface area contributed by atoms with Gasteiger partial charge in [-0.3, -0.25) is 14.8 Å². The minimum atomic E-state index is -0.447. The van der Waals surface area contributed by atoms with Crippen LogP contribution in [0, 0.1) is 5.92 Å². The van der Waals surface area contributed by atoms with Crippen LogP contribution < -0.4 is 21.5 Å². The predicted octanol–water partition coefficient (Wildman–Crippen LogP) is 0.999. The van der Waals surface area contributed by atoms with Crippen LogP contribution in [0.15, 0.2) is 21.7 Å². The molecule has 0 saturated carbocycles. The van der Waals surface area contributed by atoms with Crippen LogP contribution in [0.2, 0.25) is 0 Å². The first-order chi connectivity index (χ1) is 9.24. The zero-order valence-electron chi connectivity index (χ0n) is 10.7. The summed E-state index contributed by atoms with van der Waals surface area (Å²) in [5, 5.41) is 3.02. The number of rotatable bonds is 4. The van der Waals surface area contributed by atoms with Crippen LogP contribution in [0.4, 0.5) is 11.5 Å². The fraction of sp³-hybridized carbons (Fsp3) is 0.538. The highest BCUT2D eigenvalue weighted by molar-refractivity contribution is 5.69. The predicted molar refractivity (Wildman–Crippen MR) is 74.6 cm³/mol. The molecule has 2 aliphatic rings. The maximum Gasteiger partial charge on any atom is 0.327 e. The number of fused-ring (bicyclic) bond motifs is 1. The number of hydrogen-bond acceptors (Lipinski definition) is 4. The van der Waals surface area contributed by atoms with Crippen molar-refractivity contribution >= 4 is 11.5 Å². The quantitative estimate of drug-likeness (QED) is 0.707. The van der Waals surface area contributed by atoms with Gasteiger partial charge < -0.3 is 10.2 Å². The maximum absolute atomic E-state index is 11.6. The molecule has 2 heterocycles. The SMILES string of the molecule is O=c1[nH]c2c(c(=O)[nH]1)NCN2CCCC1CC=CC1. The van der Waals surface area contributed by atoms with Crippen LogP contribution in [-0.2, 0) is 0 Å². The molecule has 0 unspecified atom stereocenters. The number of allylic oxidation sites excluding steroid dienone is 2. The van der Waals surface area contributed by atoms with Crippen LogP contribution in [-0.4, -0.2) is 23.2 Å². The van der Waals surface area contributed by atoms with Crippen LogP contribution in [0.5, 0.6) is 0 Å². The summed E-state index contributed by atoms with van der Waals surface area (Å²) < 4.78 is 0. The molecule has 3 rings (SSSR count). The number of hydrogen-bond donors (Lipinski definition) is 3. The first-order valence-electron chi connectivity index (χ1n) is 6.74. The molecule has 0 atom stereocenters. The van der Waals surface area contributed by atoms with E-state index >= 15 is 0 Å². The largest absolute Gasteiger partial charge is 0.360 e. The van der Waals surface area contributed by atoms with Gasteiger partial charge in [-0.1, -0.05) is 12.2 Å². The average Bonchev–Trinajstić information content (AvgIpc) is 2.99. The number of nitrogens with zero attached hydrogens (tertiary/aromatic N) is 1. The topological polar surface area (TPSA) is 81.0 Å². The Morgan fingerprint density at radius 2 is 2.00 bits per heavy atom. The summed E-state index contributed by atoms with van der Waals surface area (Å²) in [4.78, 5) is 29.8. The number of aromatic amines is 2. The van der Waals surface area contributed by atoms with E-state index < -0.39 is 5.69 Å². The summed E-state index contributed by atoms with van der Waals surface area (Å²) in [6, 6.07) is 0. The minimum Gasteiger partial charge on any atom is -0.360 e. The van der Waals surface area contributed by atoms with E-state index in [0.29, 0.717) is 18.2 Å². The molecule has 1 aromatic heterocycles. The molecule has 102 valence electrons. The van der Waals surface area contributed by atoms with Crippen molar-refractivity contribution in [3.8, 4) is 0 Å². The van der Waals surface area contributed by atoms with Crippen LogP contribution in [0.3, 0.4) is 0 Å². The molecular weight excluding hydrogens is 244 g/mol. The molecule has 0 radical (unpaired) electrons. The van der Waals surface area contributed by atoms with E-state index in [1.807, 2.05) is 4.90 Å². The maximum atomic E-state index is 11.6. The summed E-state index contributed by atoms with van der Waals surface area (Å²) in [5.74, 6) is 1.39. The molecule has 0 fully saturated rings. The fourth-order valence-electron chi connectivity index (χ4n) is 2.80. The lowest BCUT2D eigenvalue weighted by molar-refractivity contribution is 0.498. The van der Waals surface area contributed by atoms with Gasteiger partial charge in [0, 0.05) is 6.54 Å². The molecule has 0 aromatic carbocycles. The number of H-pyrrole nitrogens is 2. The van der Waals surface area contributed by atoms with Gasteiger partial charge in [0.1, 0.15) is 11.5 Å². The molecule has 0 saturated heterocycles. The van der Waals surface area contributed by atoms with Gasteiger partial charge in [0.2, 0.25) is 0 Å². The van der Waals surface area contributed by atoms with Crippen molar-refractivity contribution < 1.29 is 0 Å². The van der Waals surface area contributed by atoms with E-state index in [-0.39, 0.29) is 5.56 Å². The molecule has 6 heteroatoms. The van der Waals surface area contributed by atoms with Gasteiger partial charge in [0.05, 0.1) is 6.67 Å². The Bertz CT molecular complexity index is 593. The normalized spacial score (nSPS) is 17.8. The Morgan fingerprint density at radius 1 is 1.21 bits per heavy atom. The summed E-state index contributed by atoms with van der Waals surface area (Å²) in [6.45, 7) is 1.44. The highest BCUT2D eigenvalue weighted by Crippen LogP contribution is 2.26. The molecule has 6 nitrogen and oxygen atoms in total. The first kappa shape index (κ1) is 12.1. The van der Waals surface area contributed by atoms with Crippen molar-refractivity contribution in [2.45, 2.75) is 25.7 Å². The van der Waals surface area contributed by atoms with E-state index in [1.165, 1.54) is 19.3 Å². The molecule has 3 N–H and O–H groups in total. The Labute approximate surface area is 110 Å². The molecule has 1 aliphatic heterocycles. The monoisotopic (exact) mass is 262 g/mol. The van der Waals surface area contributed by atoms with E-state index in [9.17, 15) is 9.59 Å². The van der Waals surface area contributed by atoms with Crippen LogP contribution >= 0.6 is 0 Å². The highest BCUT2D eigenvalue weighted by Gasteiger charge is 2.22. The Kier molecular flexibility index (Phi) is 3.15. The van der Waals surface area contributed by atoms with E-state index in [2.05, 4.69) is 27.4 Å². The van der Waals surface area contributed by atoms with E-state index in [0.717, 1.165) is 18.9 Å². The number of aromatic nitrogens is 2.